The van der Waals surface area contributed by atoms with E-state index < -0.39 is 5.60 Å². The van der Waals surface area contributed by atoms with E-state index in [1.807, 2.05) is 19.9 Å². The van der Waals surface area contributed by atoms with Crippen molar-refractivity contribution in [3.8, 4) is 11.8 Å². The van der Waals surface area contributed by atoms with Crippen molar-refractivity contribution in [1.82, 2.24) is 5.32 Å². The van der Waals surface area contributed by atoms with Crippen LogP contribution in [0.1, 0.15) is 38.1 Å². The molecule has 1 aromatic rings. The van der Waals surface area contributed by atoms with E-state index in [9.17, 15) is 9.59 Å². The Morgan fingerprint density at radius 1 is 1.45 bits per heavy atom. The Morgan fingerprint density at radius 3 is 2.73 bits per heavy atom. The third-order valence-electron chi connectivity index (χ3n) is 3.29. The van der Waals surface area contributed by atoms with Gasteiger partial charge in [0, 0.05) is 11.6 Å². The molecule has 1 aliphatic rings. The molecule has 1 N–H and O–H groups in total. The second-order valence-corrected chi connectivity index (χ2v) is 5.97. The maximum atomic E-state index is 12.4. The Labute approximate surface area is 129 Å². The zero-order chi connectivity index (χ0) is 16.5. The lowest BCUT2D eigenvalue weighted by molar-refractivity contribution is -0.132. The summed E-state index contributed by atoms with van der Waals surface area (Å²) in [5.41, 5.74) is -0.167. The number of benzene rings is 1. The largest absolute Gasteiger partial charge is 0.476 e. The van der Waals surface area contributed by atoms with Crippen LogP contribution < -0.4 is 15.0 Å². The van der Waals surface area contributed by atoms with Gasteiger partial charge in [0.15, 0.2) is 5.60 Å². The number of rotatable bonds is 3. The molecule has 2 rings (SSSR count). The summed E-state index contributed by atoms with van der Waals surface area (Å²) in [5, 5.41) is 11.8. The molecule has 0 bridgehead atoms. The summed E-state index contributed by atoms with van der Waals surface area (Å²) in [6.07, 6.45) is 0. The number of nitriles is 1. The highest BCUT2D eigenvalue weighted by Gasteiger charge is 2.41. The van der Waals surface area contributed by atoms with Gasteiger partial charge in [-0.1, -0.05) is 0 Å². The molecular formula is C16H19N3O3. The van der Waals surface area contributed by atoms with Crippen LogP contribution in [-0.4, -0.2) is 30.0 Å². The molecule has 2 amide bonds. The Hall–Kier alpha value is -2.55. The number of anilines is 1. The van der Waals surface area contributed by atoms with Gasteiger partial charge in [0.2, 0.25) is 0 Å². The fourth-order valence-electron chi connectivity index (χ4n) is 2.28. The van der Waals surface area contributed by atoms with Crippen LogP contribution in [0.5, 0.6) is 5.75 Å². The number of nitrogens with zero attached hydrogens (tertiary/aromatic N) is 2. The van der Waals surface area contributed by atoms with Crippen LogP contribution >= 0.6 is 0 Å². The number of hydrogen-bond donors (Lipinski definition) is 1. The first-order valence-corrected chi connectivity index (χ1v) is 7.09. The first-order valence-electron chi connectivity index (χ1n) is 7.09. The molecule has 0 saturated carbocycles. The molecule has 22 heavy (non-hydrogen) atoms. The van der Waals surface area contributed by atoms with Crippen molar-refractivity contribution in [3.63, 3.8) is 0 Å². The molecule has 0 spiro atoms. The van der Waals surface area contributed by atoms with E-state index in [0.29, 0.717) is 17.0 Å². The van der Waals surface area contributed by atoms with E-state index in [4.69, 9.17) is 10.00 Å². The quantitative estimate of drug-likeness (QED) is 0.864. The average Bonchev–Trinajstić information content (AvgIpc) is 2.42. The number of hydrogen-bond acceptors (Lipinski definition) is 4. The molecule has 116 valence electrons. The van der Waals surface area contributed by atoms with Crippen LogP contribution in [0.4, 0.5) is 5.69 Å². The number of carbonyl (C=O) groups excluding carboxylic acids is 2. The zero-order valence-corrected chi connectivity index (χ0v) is 13.1. The van der Waals surface area contributed by atoms with Crippen molar-refractivity contribution in [1.29, 1.82) is 5.26 Å². The lowest BCUT2D eigenvalue weighted by atomic mass is 10.0. The molecule has 6 nitrogen and oxygen atoms in total. The van der Waals surface area contributed by atoms with Gasteiger partial charge in [-0.05, 0) is 45.9 Å². The first-order chi connectivity index (χ1) is 10.3. The van der Waals surface area contributed by atoms with Gasteiger partial charge in [0.1, 0.15) is 12.3 Å². The average molecular weight is 301 g/mol. The molecule has 1 aromatic carbocycles. The summed E-state index contributed by atoms with van der Waals surface area (Å²) in [7, 11) is 0. The third kappa shape index (κ3) is 2.89. The monoisotopic (exact) mass is 301 g/mol. The highest BCUT2D eigenvalue weighted by Crippen LogP contribution is 2.38. The minimum absolute atomic E-state index is 0.00978. The van der Waals surface area contributed by atoms with E-state index in [-0.39, 0.29) is 24.4 Å². The number of ether oxygens (including phenoxy) is 1. The highest BCUT2D eigenvalue weighted by atomic mass is 16.5. The number of fused-ring (bicyclic) bond motifs is 1. The molecule has 0 aromatic heterocycles. The number of nitrogens with one attached hydrogen (secondary N) is 1. The van der Waals surface area contributed by atoms with Crippen LogP contribution in [-0.2, 0) is 4.79 Å². The van der Waals surface area contributed by atoms with Gasteiger partial charge < -0.3 is 10.1 Å². The summed E-state index contributed by atoms with van der Waals surface area (Å²) in [6.45, 7) is 6.96. The lowest BCUT2D eigenvalue weighted by Gasteiger charge is -2.37. The van der Waals surface area contributed by atoms with Gasteiger partial charge in [0.05, 0.1) is 11.8 Å². The van der Waals surface area contributed by atoms with Crippen molar-refractivity contribution in [3.05, 3.63) is 23.8 Å². The number of carbonyl (C=O) groups is 2. The standard InChI is InChI=1S/C16H19N3O3/c1-10(2)18-14(20)11-5-6-13-12(9-11)19(8-7-17)15(21)16(3,4)22-13/h5-6,9-10H,8H2,1-4H3,(H,18,20). The molecule has 1 aliphatic heterocycles. The van der Waals surface area contributed by atoms with Crippen LogP contribution in [0, 0.1) is 11.3 Å². The normalized spacial score (nSPS) is 15.8. The maximum Gasteiger partial charge on any atom is 0.271 e. The van der Waals surface area contributed by atoms with E-state index in [1.54, 1.807) is 32.0 Å². The van der Waals surface area contributed by atoms with E-state index in [2.05, 4.69) is 5.32 Å². The maximum absolute atomic E-state index is 12.4. The predicted octanol–water partition coefficient (Wildman–Crippen LogP) is 1.85. The minimum atomic E-state index is -1.04. The molecule has 0 radical (unpaired) electrons. The topological polar surface area (TPSA) is 82.4 Å². The fraction of sp³-hybridized carbons (Fsp3) is 0.438. The molecular weight excluding hydrogens is 282 g/mol. The zero-order valence-electron chi connectivity index (χ0n) is 13.1. The minimum Gasteiger partial charge on any atom is -0.476 e. The highest BCUT2D eigenvalue weighted by molar-refractivity contribution is 6.04. The SMILES string of the molecule is CC(C)NC(=O)c1ccc2c(c1)N(CC#N)C(=O)C(C)(C)O2. The van der Waals surface area contributed by atoms with Gasteiger partial charge in [0.25, 0.3) is 11.8 Å². The first kappa shape index (κ1) is 15.8. The third-order valence-corrected chi connectivity index (χ3v) is 3.29. The Morgan fingerprint density at radius 2 is 2.14 bits per heavy atom. The molecule has 0 saturated heterocycles. The fourth-order valence-corrected chi connectivity index (χ4v) is 2.28. The lowest BCUT2D eigenvalue weighted by Crippen LogP contribution is -2.52. The van der Waals surface area contributed by atoms with Crippen LogP contribution in [0.3, 0.4) is 0 Å². The van der Waals surface area contributed by atoms with Gasteiger partial charge in [-0.15, -0.1) is 0 Å². The summed E-state index contributed by atoms with van der Waals surface area (Å²) in [6, 6.07) is 6.87. The summed E-state index contributed by atoms with van der Waals surface area (Å²) in [5.74, 6) is -0.0455. The van der Waals surface area contributed by atoms with E-state index in [0.717, 1.165) is 0 Å². The van der Waals surface area contributed by atoms with Gasteiger partial charge in [-0.25, -0.2) is 0 Å². The van der Waals surface area contributed by atoms with Crippen LogP contribution in [0.15, 0.2) is 18.2 Å². The molecule has 0 fully saturated rings. The van der Waals surface area contributed by atoms with E-state index in [1.165, 1.54) is 4.90 Å². The van der Waals surface area contributed by atoms with E-state index >= 15 is 0 Å². The number of amides is 2. The van der Waals surface area contributed by atoms with Crippen LogP contribution in [0.25, 0.3) is 0 Å². The smallest absolute Gasteiger partial charge is 0.271 e. The Bertz CT molecular complexity index is 659. The van der Waals surface area contributed by atoms with Crippen molar-refractivity contribution < 1.29 is 14.3 Å². The summed E-state index contributed by atoms with van der Waals surface area (Å²) < 4.78 is 5.69. The van der Waals surface area contributed by atoms with Gasteiger partial charge >= 0.3 is 0 Å². The predicted molar refractivity (Wildman–Crippen MR) is 81.7 cm³/mol. The molecule has 0 aliphatic carbocycles. The summed E-state index contributed by atoms with van der Waals surface area (Å²) in [4.78, 5) is 25.9. The van der Waals surface area contributed by atoms with Crippen LogP contribution in [0.2, 0.25) is 0 Å². The Balaban J connectivity index is 2.45. The molecule has 1 heterocycles. The van der Waals surface area contributed by atoms with Crippen molar-refractivity contribution in [2.75, 3.05) is 11.4 Å². The Kier molecular flexibility index (Phi) is 4.09. The summed E-state index contributed by atoms with van der Waals surface area (Å²) >= 11 is 0. The van der Waals surface area contributed by atoms with Crippen molar-refractivity contribution in [2.24, 2.45) is 0 Å². The van der Waals surface area contributed by atoms with Gasteiger partial charge in [-0.3, -0.25) is 14.5 Å². The van der Waals surface area contributed by atoms with Gasteiger partial charge in [-0.2, -0.15) is 5.26 Å². The molecule has 0 unspecified atom stereocenters. The second-order valence-electron chi connectivity index (χ2n) is 5.97. The van der Waals surface area contributed by atoms with Crippen molar-refractivity contribution >= 4 is 17.5 Å². The second kappa shape index (κ2) is 5.68. The molecule has 6 heteroatoms. The van der Waals surface area contributed by atoms with Crippen molar-refractivity contribution in [2.45, 2.75) is 39.3 Å². The molecule has 0 atom stereocenters.